The van der Waals surface area contributed by atoms with E-state index in [9.17, 15) is 9.59 Å². The van der Waals surface area contributed by atoms with E-state index in [1.54, 1.807) is 11.9 Å². The van der Waals surface area contributed by atoms with Gasteiger partial charge >= 0.3 is 0 Å². The predicted molar refractivity (Wildman–Crippen MR) is 66.1 cm³/mol. The molecule has 2 heterocycles. The zero-order valence-corrected chi connectivity index (χ0v) is 10.9. The van der Waals surface area contributed by atoms with Crippen LogP contribution in [0.25, 0.3) is 0 Å². The predicted octanol–water partition coefficient (Wildman–Crippen LogP) is 0.532. The van der Waals surface area contributed by atoms with Crippen LogP contribution in [0.2, 0.25) is 0 Å². The normalized spacial score (nSPS) is 23.4. The minimum Gasteiger partial charge on any atom is -0.365 e. The zero-order valence-electron chi connectivity index (χ0n) is 10.9. The van der Waals surface area contributed by atoms with Crippen molar-refractivity contribution in [2.24, 2.45) is 12.8 Å². The fourth-order valence-electron chi connectivity index (χ4n) is 2.54. The van der Waals surface area contributed by atoms with Gasteiger partial charge in [0.1, 0.15) is 0 Å². The molecule has 1 aliphatic heterocycles. The van der Waals surface area contributed by atoms with E-state index in [0.717, 1.165) is 12.8 Å². The molecule has 1 fully saturated rings. The van der Waals surface area contributed by atoms with E-state index in [0.29, 0.717) is 0 Å². The number of primary amides is 1. The van der Waals surface area contributed by atoms with Crippen molar-refractivity contribution in [3.63, 3.8) is 0 Å². The highest BCUT2D eigenvalue weighted by molar-refractivity contribution is 6.05. The van der Waals surface area contributed by atoms with Gasteiger partial charge in [-0.3, -0.25) is 14.3 Å². The molecule has 6 heteroatoms. The molecule has 6 nitrogen and oxygen atoms in total. The molecule has 0 radical (unpaired) electrons. The maximum Gasteiger partial charge on any atom is 0.275 e. The van der Waals surface area contributed by atoms with E-state index in [1.165, 1.54) is 10.9 Å². The van der Waals surface area contributed by atoms with Gasteiger partial charge in [-0.1, -0.05) is 0 Å². The van der Waals surface area contributed by atoms with Crippen molar-refractivity contribution in [3.8, 4) is 0 Å². The number of aromatic nitrogens is 2. The molecule has 18 heavy (non-hydrogen) atoms. The van der Waals surface area contributed by atoms with Crippen molar-refractivity contribution in [1.29, 1.82) is 0 Å². The molecule has 1 aromatic rings. The quantitative estimate of drug-likeness (QED) is 0.831. The zero-order chi connectivity index (χ0) is 13.4. The first kappa shape index (κ1) is 12.6. The third kappa shape index (κ3) is 1.98. The average Bonchev–Trinajstić information content (AvgIpc) is 2.82. The molecule has 0 saturated carbocycles. The highest BCUT2D eigenvalue weighted by Crippen LogP contribution is 2.25. The van der Waals surface area contributed by atoms with Gasteiger partial charge in [0.2, 0.25) is 0 Å². The average molecular weight is 250 g/mol. The van der Waals surface area contributed by atoms with Crippen LogP contribution in [-0.4, -0.2) is 38.6 Å². The lowest BCUT2D eigenvalue weighted by Gasteiger charge is -2.25. The molecule has 0 aliphatic carbocycles. The molecule has 1 aromatic heterocycles. The van der Waals surface area contributed by atoms with E-state index in [1.807, 2.05) is 13.8 Å². The number of nitrogens with zero attached hydrogens (tertiary/aromatic N) is 3. The molecule has 2 rings (SSSR count). The van der Waals surface area contributed by atoms with Gasteiger partial charge < -0.3 is 10.6 Å². The van der Waals surface area contributed by atoms with E-state index >= 15 is 0 Å². The third-order valence-electron chi connectivity index (χ3n) is 3.48. The molecule has 2 N–H and O–H groups in total. The lowest BCUT2D eigenvalue weighted by molar-refractivity contribution is 0.0681. The standard InChI is InChI=1S/C12H18N4O2/c1-7-4-5-8(2)16(7)12(18)10-9(11(13)17)6-15(3)14-10/h6-8H,4-5H2,1-3H3,(H2,13,17). The third-order valence-corrected chi connectivity index (χ3v) is 3.48. The molecule has 0 aromatic carbocycles. The van der Waals surface area contributed by atoms with E-state index < -0.39 is 5.91 Å². The lowest BCUT2D eigenvalue weighted by atomic mass is 10.2. The number of hydrogen-bond acceptors (Lipinski definition) is 3. The van der Waals surface area contributed by atoms with Crippen LogP contribution in [0.3, 0.4) is 0 Å². The highest BCUT2D eigenvalue weighted by Gasteiger charge is 2.34. The van der Waals surface area contributed by atoms with Crippen LogP contribution < -0.4 is 5.73 Å². The number of amides is 2. The van der Waals surface area contributed by atoms with Crippen LogP contribution in [0.5, 0.6) is 0 Å². The van der Waals surface area contributed by atoms with E-state index in [4.69, 9.17) is 5.73 Å². The Kier molecular flexibility index (Phi) is 3.11. The van der Waals surface area contributed by atoms with Crippen LogP contribution >= 0.6 is 0 Å². The summed E-state index contributed by atoms with van der Waals surface area (Å²) in [4.78, 5) is 25.6. The fraction of sp³-hybridized carbons (Fsp3) is 0.583. The van der Waals surface area contributed by atoms with E-state index in [-0.39, 0.29) is 29.2 Å². The molecule has 2 atom stereocenters. The topological polar surface area (TPSA) is 81.2 Å². The van der Waals surface area contributed by atoms with Gasteiger partial charge in [-0.2, -0.15) is 5.10 Å². The largest absolute Gasteiger partial charge is 0.365 e. The Morgan fingerprint density at radius 1 is 1.33 bits per heavy atom. The SMILES string of the molecule is CC1CCC(C)N1C(=O)c1nn(C)cc1C(N)=O. The van der Waals surface area contributed by atoms with E-state index in [2.05, 4.69) is 5.10 Å². The summed E-state index contributed by atoms with van der Waals surface area (Å²) >= 11 is 0. The monoisotopic (exact) mass is 250 g/mol. The first-order valence-corrected chi connectivity index (χ1v) is 6.08. The van der Waals surface area contributed by atoms with Gasteiger partial charge in [0.15, 0.2) is 5.69 Å². The van der Waals surface area contributed by atoms with Crippen LogP contribution in [-0.2, 0) is 7.05 Å². The molecular formula is C12H18N4O2. The van der Waals surface area contributed by atoms with Gasteiger partial charge in [0.25, 0.3) is 11.8 Å². The summed E-state index contributed by atoms with van der Waals surface area (Å²) < 4.78 is 1.44. The Morgan fingerprint density at radius 2 is 1.89 bits per heavy atom. The van der Waals surface area contributed by atoms with Gasteiger partial charge in [0, 0.05) is 25.3 Å². The fourth-order valence-corrected chi connectivity index (χ4v) is 2.54. The summed E-state index contributed by atoms with van der Waals surface area (Å²) in [6.45, 7) is 4.02. The van der Waals surface area contributed by atoms with Crippen LogP contribution in [0.4, 0.5) is 0 Å². The lowest BCUT2D eigenvalue weighted by Crippen LogP contribution is -2.39. The Labute approximate surface area is 106 Å². The summed E-state index contributed by atoms with van der Waals surface area (Å²) in [6, 6.07) is 0.352. The molecule has 98 valence electrons. The van der Waals surface area contributed by atoms with Gasteiger partial charge in [0.05, 0.1) is 5.56 Å². The Hall–Kier alpha value is -1.85. The Morgan fingerprint density at radius 3 is 2.39 bits per heavy atom. The summed E-state index contributed by atoms with van der Waals surface area (Å²) in [7, 11) is 1.67. The molecule has 1 aliphatic rings. The molecule has 2 amide bonds. The number of nitrogens with two attached hydrogens (primary N) is 1. The minimum atomic E-state index is -0.619. The second kappa shape index (κ2) is 4.44. The number of carbonyl (C=O) groups is 2. The van der Waals surface area contributed by atoms with Crippen molar-refractivity contribution < 1.29 is 9.59 Å². The summed E-state index contributed by atoms with van der Waals surface area (Å²) in [6.07, 6.45) is 3.44. The van der Waals surface area contributed by atoms with Gasteiger partial charge in [-0.25, -0.2) is 0 Å². The Bertz CT molecular complexity index is 484. The van der Waals surface area contributed by atoms with Gasteiger partial charge in [-0.15, -0.1) is 0 Å². The molecule has 0 bridgehead atoms. The second-order valence-electron chi connectivity index (χ2n) is 4.92. The minimum absolute atomic E-state index is 0.158. The number of likely N-dealkylation sites (tertiary alicyclic amines) is 1. The molecular weight excluding hydrogens is 232 g/mol. The van der Waals surface area contributed by atoms with Gasteiger partial charge in [-0.05, 0) is 26.7 Å². The maximum absolute atomic E-state index is 12.4. The van der Waals surface area contributed by atoms with Crippen molar-refractivity contribution in [3.05, 3.63) is 17.5 Å². The van der Waals surface area contributed by atoms with Crippen LogP contribution in [0, 0.1) is 0 Å². The molecule has 0 spiro atoms. The summed E-state index contributed by atoms with van der Waals surface area (Å²) in [5, 5.41) is 4.07. The van der Waals surface area contributed by atoms with Crippen molar-refractivity contribution in [2.75, 3.05) is 0 Å². The van der Waals surface area contributed by atoms with Crippen molar-refractivity contribution >= 4 is 11.8 Å². The smallest absolute Gasteiger partial charge is 0.275 e. The summed E-state index contributed by atoms with van der Waals surface area (Å²) in [5.74, 6) is -0.826. The van der Waals surface area contributed by atoms with Crippen molar-refractivity contribution in [2.45, 2.75) is 38.8 Å². The summed E-state index contributed by atoms with van der Waals surface area (Å²) in [5.41, 5.74) is 5.62. The number of carbonyl (C=O) groups excluding carboxylic acids is 2. The van der Waals surface area contributed by atoms with Crippen LogP contribution in [0.1, 0.15) is 47.5 Å². The second-order valence-corrected chi connectivity index (χ2v) is 4.92. The number of rotatable bonds is 2. The first-order valence-electron chi connectivity index (χ1n) is 6.08. The van der Waals surface area contributed by atoms with Crippen molar-refractivity contribution in [1.82, 2.24) is 14.7 Å². The first-order chi connectivity index (χ1) is 8.41. The maximum atomic E-state index is 12.4. The molecule has 1 saturated heterocycles. The number of hydrogen-bond donors (Lipinski definition) is 1. The van der Waals surface area contributed by atoms with Crippen LogP contribution in [0.15, 0.2) is 6.20 Å². The Balaban J connectivity index is 2.37. The molecule has 2 unspecified atom stereocenters. The number of aryl methyl sites for hydroxylation is 1. The highest BCUT2D eigenvalue weighted by atomic mass is 16.2.